The molecule has 18 heavy (non-hydrogen) atoms. The molecule has 0 aliphatic rings. The van der Waals surface area contributed by atoms with E-state index >= 15 is 0 Å². The van der Waals surface area contributed by atoms with E-state index in [2.05, 4.69) is 0 Å². The zero-order valence-electron chi connectivity index (χ0n) is 10.7. The molecule has 0 saturated heterocycles. The first-order valence-corrected chi connectivity index (χ1v) is 5.76. The van der Waals surface area contributed by atoms with Gasteiger partial charge in [-0.1, -0.05) is 25.1 Å². The molecule has 4 heteroatoms. The van der Waals surface area contributed by atoms with Gasteiger partial charge in [0.25, 0.3) is 0 Å². The summed E-state index contributed by atoms with van der Waals surface area (Å²) >= 11 is 0. The molecule has 0 spiro atoms. The molecule has 0 aromatic heterocycles. The highest BCUT2D eigenvalue weighted by Gasteiger charge is 2.31. The molecule has 0 aliphatic heterocycles. The van der Waals surface area contributed by atoms with Crippen LogP contribution in [0.5, 0.6) is 5.75 Å². The van der Waals surface area contributed by atoms with Crippen LogP contribution in [0.15, 0.2) is 30.4 Å². The van der Waals surface area contributed by atoms with E-state index < -0.39 is 11.7 Å². The third-order valence-electron chi connectivity index (χ3n) is 2.82. The summed E-state index contributed by atoms with van der Waals surface area (Å²) in [7, 11) is 1.39. The van der Waals surface area contributed by atoms with Gasteiger partial charge in [0, 0.05) is 0 Å². The van der Waals surface area contributed by atoms with E-state index in [1.165, 1.54) is 13.2 Å². The summed E-state index contributed by atoms with van der Waals surface area (Å²) in [5.74, 6) is 0.417. The Hall–Kier alpha value is -1.45. The highest BCUT2D eigenvalue weighted by molar-refractivity contribution is 5.40. The number of halogens is 3. The summed E-state index contributed by atoms with van der Waals surface area (Å²) in [5, 5.41) is 0. The second-order valence-corrected chi connectivity index (χ2v) is 4.16. The van der Waals surface area contributed by atoms with Gasteiger partial charge in [-0.2, -0.15) is 13.2 Å². The van der Waals surface area contributed by atoms with Gasteiger partial charge in [-0.15, -0.1) is 0 Å². The first-order chi connectivity index (χ1) is 8.40. The minimum atomic E-state index is -4.33. The zero-order valence-corrected chi connectivity index (χ0v) is 10.7. The van der Waals surface area contributed by atoms with Gasteiger partial charge < -0.3 is 4.74 Å². The topological polar surface area (TPSA) is 9.23 Å². The van der Waals surface area contributed by atoms with Crippen LogP contribution in [0.1, 0.15) is 37.3 Å². The third kappa shape index (κ3) is 3.52. The van der Waals surface area contributed by atoms with Crippen molar-refractivity contribution in [1.82, 2.24) is 0 Å². The van der Waals surface area contributed by atoms with Crippen molar-refractivity contribution in [1.29, 1.82) is 0 Å². The molecule has 0 fully saturated rings. The minimum absolute atomic E-state index is 0.124. The fraction of sp³-hybridized carbons (Fsp3) is 0.429. The van der Waals surface area contributed by atoms with Gasteiger partial charge in [0.2, 0.25) is 0 Å². The average Bonchev–Trinajstić information content (AvgIpc) is 2.34. The van der Waals surface area contributed by atoms with Gasteiger partial charge in [0.1, 0.15) is 5.75 Å². The summed E-state index contributed by atoms with van der Waals surface area (Å²) in [5.41, 5.74) is 0.116. The van der Waals surface area contributed by atoms with Gasteiger partial charge in [-0.25, -0.2) is 0 Å². The predicted molar refractivity (Wildman–Crippen MR) is 65.8 cm³/mol. The first kappa shape index (κ1) is 14.6. The van der Waals surface area contributed by atoms with Gasteiger partial charge >= 0.3 is 6.18 Å². The summed E-state index contributed by atoms with van der Waals surface area (Å²) in [6, 6.07) is 3.65. The van der Waals surface area contributed by atoms with Crippen molar-refractivity contribution in [2.75, 3.05) is 7.11 Å². The van der Waals surface area contributed by atoms with E-state index in [4.69, 9.17) is 4.74 Å². The molecule has 1 rings (SSSR count). The van der Waals surface area contributed by atoms with Crippen LogP contribution in [0.2, 0.25) is 0 Å². The molecule has 1 unspecified atom stereocenters. The second kappa shape index (κ2) is 5.94. The second-order valence-electron chi connectivity index (χ2n) is 4.16. The number of hydrogen-bond donors (Lipinski definition) is 0. The Labute approximate surface area is 105 Å². The Morgan fingerprint density at radius 2 is 2.00 bits per heavy atom. The van der Waals surface area contributed by atoms with E-state index in [-0.39, 0.29) is 5.92 Å². The Morgan fingerprint density at radius 1 is 1.33 bits per heavy atom. The fourth-order valence-corrected chi connectivity index (χ4v) is 1.76. The van der Waals surface area contributed by atoms with Crippen molar-refractivity contribution < 1.29 is 17.9 Å². The maximum Gasteiger partial charge on any atom is 0.416 e. The van der Waals surface area contributed by atoms with E-state index in [0.717, 1.165) is 24.1 Å². The van der Waals surface area contributed by atoms with Crippen molar-refractivity contribution in [2.45, 2.75) is 32.4 Å². The highest BCUT2D eigenvalue weighted by Crippen LogP contribution is 2.36. The molecular formula is C14H17F3O. The Morgan fingerprint density at radius 3 is 2.50 bits per heavy atom. The molecule has 100 valence electrons. The van der Waals surface area contributed by atoms with Gasteiger partial charge in [-0.05, 0) is 37.0 Å². The summed E-state index contributed by atoms with van der Waals surface area (Å²) in [6.45, 7) is 3.88. The maximum atomic E-state index is 12.6. The number of rotatable bonds is 4. The van der Waals surface area contributed by atoms with Gasteiger partial charge in [0.15, 0.2) is 0 Å². The van der Waals surface area contributed by atoms with Crippen LogP contribution in [0.4, 0.5) is 13.2 Å². The monoisotopic (exact) mass is 258 g/mol. The van der Waals surface area contributed by atoms with Crippen LogP contribution in [0.3, 0.4) is 0 Å². The zero-order chi connectivity index (χ0) is 13.8. The SMILES string of the molecule is C/C=C\CC(C)c1ccc(C(F)(F)F)cc1OC. The smallest absolute Gasteiger partial charge is 0.416 e. The lowest BCUT2D eigenvalue weighted by atomic mass is 9.95. The lowest BCUT2D eigenvalue weighted by Crippen LogP contribution is -2.06. The number of hydrogen-bond acceptors (Lipinski definition) is 1. The van der Waals surface area contributed by atoms with Crippen LogP contribution in [0, 0.1) is 0 Å². The third-order valence-corrected chi connectivity index (χ3v) is 2.82. The van der Waals surface area contributed by atoms with Crippen LogP contribution in [0.25, 0.3) is 0 Å². The fourth-order valence-electron chi connectivity index (χ4n) is 1.76. The number of methoxy groups -OCH3 is 1. The van der Waals surface area contributed by atoms with Crippen LogP contribution in [-0.4, -0.2) is 7.11 Å². The Balaban J connectivity index is 3.07. The van der Waals surface area contributed by atoms with Crippen molar-refractivity contribution in [3.8, 4) is 5.75 Å². The molecule has 0 radical (unpaired) electrons. The van der Waals surface area contributed by atoms with Crippen molar-refractivity contribution in [2.24, 2.45) is 0 Å². The van der Waals surface area contributed by atoms with E-state index in [9.17, 15) is 13.2 Å². The highest BCUT2D eigenvalue weighted by atomic mass is 19.4. The summed E-state index contributed by atoms with van der Waals surface area (Å²) in [4.78, 5) is 0. The van der Waals surface area contributed by atoms with E-state index in [0.29, 0.717) is 5.75 Å². The summed E-state index contributed by atoms with van der Waals surface area (Å²) < 4.78 is 42.8. The van der Waals surface area contributed by atoms with Crippen LogP contribution in [-0.2, 0) is 6.18 Å². The average molecular weight is 258 g/mol. The number of alkyl halides is 3. The van der Waals surface area contributed by atoms with E-state index in [1.54, 1.807) is 0 Å². The standard InChI is InChI=1S/C14H17F3O/c1-4-5-6-10(2)12-8-7-11(14(15,16)17)9-13(12)18-3/h4-5,7-10H,6H2,1-3H3/b5-4-. The van der Waals surface area contributed by atoms with Crippen molar-refractivity contribution >= 4 is 0 Å². The van der Waals surface area contributed by atoms with E-state index in [1.807, 2.05) is 26.0 Å². The Kier molecular flexibility index (Phi) is 4.82. The lowest BCUT2D eigenvalue weighted by Gasteiger charge is -2.16. The molecular weight excluding hydrogens is 241 g/mol. The molecule has 0 saturated carbocycles. The first-order valence-electron chi connectivity index (χ1n) is 5.76. The molecule has 0 bridgehead atoms. The normalized spacial score (nSPS) is 13.9. The molecule has 0 amide bonds. The van der Waals surface area contributed by atoms with Crippen molar-refractivity contribution in [3.05, 3.63) is 41.5 Å². The largest absolute Gasteiger partial charge is 0.496 e. The molecule has 0 heterocycles. The molecule has 1 aromatic rings. The molecule has 0 N–H and O–H groups in total. The van der Waals surface area contributed by atoms with Crippen LogP contribution >= 0.6 is 0 Å². The lowest BCUT2D eigenvalue weighted by molar-refractivity contribution is -0.137. The predicted octanol–water partition coefficient (Wildman–Crippen LogP) is 4.78. The summed E-state index contributed by atoms with van der Waals surface area (Å²) in [6.07, 6.45) is 0.353. The van der Waals surface area contributed by atoms with Crippen molar-refractivity contribution in [3.63, 3.8) is 0 Å². The number of benzene rings is 1. The molecule has 1 nitrogen and oxygen atoms in total. The number of ether oxygens (including phenoxy) is 1. The van der Waals surface area contributed by atoms with Gasteiger partial charge in [0.05, 0.1) is 12.7 Å². The van der Waals surface area contributed by atoms with Gasteiger partial charge in [-0.3, -0.25) is 0 Å². The molecule has 1 atom stereocenters. The minimum Gasteiger partial charge on any atom is -0.496 e. The number of allylic oxidation sites excluding steroid dienone is 2. The quantitative estimate of drug-likeness (QED) is 0.706. The molecule has 0 aliphatic carbocycles. The van der Waals surface area contributed by atoms with Crippen LogP contribution < -0.4 is 4.74 Å². The molecule has 1 aromatic carbocycles. The Bertz CT molecular complexity index is 422. The maximum absolute atomic E-state index is 12.6.